The first-order valence-corrected chi connectivity index (χ1v) is 7.07. The summed E-state index contributed by atoms with van der Waals surface area (Å²) in [7, 11) is 0. The van der Waals surface area contributed by atoms with E-state index in [1.165, 1.54) is 10.9 Å². The molecule has 0 amide bonds. The number of thioether (sulfide) groups is 1. The largest absolute Gasteiger partial charge is 0.330 e. The van der Waals surface area contributed by atoms with Crippen molar-refractivity contribution in [1.29, 1.82) is 0 Å². The Morgan fingerprint density at radius 1 is 1.29 bits per heavy atom. The highest BCUT2D eigenvalue weighted by Gasteiger charge is 2.03. The molecular formula is C14H18N2S. The molecule has 0 aliphatic rings. The zero-order chi connectivity index (χ0) is 12.1. The summed E-state index contributed by atoms with van der Waals surface area (Å²) in [6, 6.07) is 10.4. The maximum Gasteiger partial charge on any atom is 0.0705 e. The quantitative estimate of drug-likeness (QED) is 0.881. The Balaban J connectivity index is 2.08. The summed E-state index contributed by atoms with van der Waals surface area (Å²) in [5.41, 5.74) is 8.07. The van der Waals surface area contributed by atoms with Gasteiger partial charge in [0.25, 0.3) is 0 Å². The fraction of sp³-hybridized carbons (Fsp3) is 0.357. The number of nitrogens with zero attached hydrogens (tertiary/aromatic N) is 1. The van der Waals surface area contributed by atoms with Crippen molar-refractivity contribution in [3.63, 3.8) is 0 Å². The van der Waals surface area contributed by atoms with Crippen LogP contribution in [0.4, 0.5) is 0 Å². The van der Waals surface area contributed by atoms with Crippen LogP contribution < -0.4 is 5.73 Å². The van der Waals surface area contributed by atoms with Crippen LogP contribution in [0.5, 0.6) is 0 Å². The first kappa shape index (κ1) is 12.4. The van der Waals surface area contributed by atoms with Crippen molar-refractivity contribution in [3.8, 4) is 0 Å². The van der Waals surface area contributed by atoms with Gasteiger partial charge in [-0.1, -0.05) is 25.1 Å². The molecule has 1 atom stereocenters. The summed E-state index contributed by atoms with van der Waals surface area (Å²) < 4.78 is 0. The van der Waals surface area contributed by atoms with Crippen LogP contribution in [0.3, 0.4) is 0 Å². The van der Waals surface area contributed by atoms with Crippen LogP contribution in [0.15, 0.2) is 36.5 Å². The normalized spacial score (nSPS) is 12.8. The molecule has 0 aliphatic heterocycles. The number of hydrogen-bond donors (Lipinski definition) is 1. The van der Waals surface area contributed by atoms with E-state index in [-0.39, 0.29) is 0 Å². The van der Waals surface area contributed by atoms with Crippen molar-refractivity contribution >= 4 is 22.7 Å². The Labute approximate surface area is 107 Å². The number of pyridine rings is 1. The Bertz CT molecular complexity index is 479. The third-order valence-electron chi connectivity index (χ3n) is 2.80. The van der Waals surface area contributed by atoms with Crippen LogP contribution in [-0.4, -0.2) is 17.3 Å². The number of fused-ring (bicyclic) bond motifs is 1. The van der Waals surface area contributed by atoms with Gasteiger partial charge < -0.3 is 5.73 Å². The van der Waals surface area contributed by atoms with E-state index in [4.69, 9.17) is 5.73 Å². The maximum atomic E-state index is 5.62. The summed E-state index contributed by atoms with van der Waals surface area (Å²) in [5, 5.41) is 1.27. The van der Waals surface area contributed by atoms with Gasteiger partial charge in [-0.25, -0.2) is 0 Å². The van der Waals surface area contributed by atoms with Crippen molar-refractivity contribution in [1.82, 2.24) is 4.98 Å². The molecule has 17 heavy (non-hydrogen) atoms. The number of aromatic nitrogens is 1. The van der Waals surface area contributed by atoms with Gasteiger partial charge in [0, 0.05) is 17.3 Å². The molecule has 1 unspecified atom stereocenters. The van der Waals surface area contributed by atoms with E-state index in [9.17, 15) is 0 Å². The molecule has 0 saturated heterocycles. The van der Waals surface area contributed by atoms with Gasteiger partial charge in [-0.15, -0.1) is 0 Å². The van der Waals surface area contributed by atoms with Crippen LogP contribution in [0.2, 0.25) is 0 Å². The fourth-order valence-electron chi connectivity index (χ4n) is 1.72. The third kappa shape index (κ3) is 3.20. The van der Waals surface area contributed by atoms with E-state index in [2.05, 4.69) is 36.2 Å². The van der Waals surface area contributed by atoms with Crippen molar-refractivity contribution in [2.24, 2.45) is 11.7 Å². The van der Waals surface area contributed by atoms with Gasteiger partial charge in [0.2, 0.25) is 0 Å². The molecule has 0 saturated carbocycles. The molecule has 1 aromatic carbocycles. The Morgan fingerprint density at radius 2 is 2.12 bits per heavy atom. The van der Waals surface area contributed by atoms with Gasteiger partial charge in [-0.05, 0) is 35.9 Å². The van der Waals surface area contributed by atoms with Crippen LogP contribution >= 0.6 is 11.8 Å². The second-order valence-electron chi connectivity index (χ2n) is 4.34. The molecule has 3 heteroatoms. The smallest absolute Gasteiger partial charge is 0.0705 e. The Morgan fingerprint density at radius 3 is 2.94 bits per heavy atom. The highest BCUT2D eigenvalue weighted by Crippen LogP contribution is 2.22. The highest BCUT2D eigenvalue weighted by atomic mass is 32.2. The van der Waals surface area contributed by atoms with Crippen molar-refractivity contribution in [2.45, 2.75) is 12.7 Å². The summed E-state index contributed by atoms with van der Waals surface area (Å²) in [6.45, 7) is 2.96. The molecule has 0 aliphatic carbocycles. The van der Waals surface area contributed by atoms with E-state index in [0.717, 1.165) is 23.6 Å². The minimum absolute atomic E-state index is 0.591. The molecule has 2 rings (SSSR count). The summed E-state index contributed by atoms with van der Waals surface area (Å²) in [5.74, 6) is 2.74. The van der Waals surface area contributed by atoms with Crippen LogP contribution in [0.25, 0.3) is 10.9 Å². The van der Waals surface area contributed by atoms with E-state index in [1.807, 2.05) is 24.0 Å². The van der Waals surface area contributed by atoms with Crippen molar-refractivity contribution < 1.29 is 0 Å². The molecule has 0 bridgehead atoms. The standard InChI is InChI=1S/C14H18N2S/c1-11(8-15)9-17-10-12-6-7-16-14-5-3-2-4-13(12)14/h2-7,11H,8-10,15H2,1H3. The second-order valence-corrected chi connectivity index (χ2v) is 5.37. The van der Waals surface area contributed by atoms with Gasteiger partial charge in [0.1, 0.15) is 0 Å². The zero-order valence-electron chi connectivity index (χ0n) is 10.1. The number of hydrogen-bond acceptors (Lipinski definition) is 3. The Hall–Kier alpha value is -1.06. The fourth-order valence-corrected chi connectivity index (χ4v) is 2.85. The van der Waals surface area contributed by atoms with Gasteiger partial charge in [-0.2, -0.15) is 11.8 Å². The van der Waals surface area contributed by atoms with E-state index in [1.54, 1.807) is 0 Å². The van der Waals surface area contributed by atoms with Crippen molar-refractivity contribution in [2.75, 3.05) is 12.3 Å². The maximum absolute atomic E-state index is 5.62. The molecule has 0 fully saturated rings. The minimum atomic E-state index is 0.591. The number of benzene rings is 1. The monoisotopic (exact) mass is 246 g/mol. The van der Waals surface area contributed by atoms with Crippen LogP contribution in [0, 0.1) is 5.92 Å². The molecule has 1 heterocycles. The first-order valence-electron chi connectivity index (χ1n) is 5.91. The summed E-state index contributed by atoms with van der Waals surface area (Å²) >= 11 is 1.95. The lowest BCUT2D eigenvalue weighted by molar-refractivity contribution is 0.675. The lowest BCUT2D eigenvalue weighted by Crippen LogP contribution is -2.12. The SMILES string of the molecule is CC(CN)CSCc1ccnc2ccccc12. The predicted octanol–water partition coefficient (Wildman–Crippen LogP) is 3.06. The highest BCUT2D eigenvalue weighted by molar-refractivity contribution is 7.98. The lowest BCUT2D eigenvalue weighted by atomic mass is 10.1. The predicted molar refractivity (Wildman–Crippen MR) is 76.1 cm³/mol. The third-order valence-corrected chi connectivity index (χ3v) is 4.12. The second kappa shape index (κ2) is 6.03. The number of rotatable bonds is 5. The molecule has 0 radical (unpaired) electrons. The van der Waals surface area contributed by atoms with Crippen LogP contribution in [0.1, 0.15) is 12.5 Å². The topological polar surface area (TPSA) is 38.9 Å². The molecular weight excluding hydrogens is 228 g/mol. The molecule has 90 valence electrons. The molecule has 1 aromatic heterocycles. The molecule has 2 N–H and O–H groups in total. The van der Waals surface area contributed by atoms with Gasteiger partial charge in [-0.3, -0.25) is 4.98 Å². The van der Waals surface area contributed by atoms with Gasteiger partial charge in [0.05, 0.1) is 5.52 Å². The van der Waals surface area contributed by atoms with Gasteiger partial charge >= 0.3 is 0 Å². The van der Waals surface area contributed by atoms with Crippen LogP contribution in [-0.2, 0) is 5.75 Å². The first-order chi connectivity index (χ1) is 8.31. The lowest BCUT2D eigenvalue weighted by Gasteiger charge is -2.09. The average Bonchev–Trinajstić information content (AvgIpc) is 2.39. The van der Waals surface area contributed by atoms with Gasteiger partial charge in [0.15, 0.2) is 0 Å². The molecule has 0 spiro atoms. The number of para-hydroxylation sites is 1. The summed E-state index contributed by atoms with van der Waals surface area (Å²) in [4.78, 5) is 4.37. The molecule has 2 nitrogen and oxygen atoms in total. The molecule has 2 aromatic rings. The Kier molecular flexibility index (Phi) is 4.40. The van der Waals surface area contributed by atoms with E-state index in [0.29, 0.717) is 5.92 Å². The van der Waals surface area contributed by atoms with Crippen molar-refractivity contribution in [3.05, 3.63) is 42.1 Å². The van der Waals surface area contributed by atoms with E-state index < -0.39 is 0 Å². The van der Waals surface area contributed by atoms with E-state index >= 15 is 0 Å². The zero-order valence-corrected chi connectivity index (χ0v) is 10.9. The number of nitrogens with two attached hydrogens (primary N) is 1. The summed E-state index contributed by atoms with van der Waals surface area (Å²) in [6.07, 6.45) is 1.89. The minimum Gasteiger partial charge on any atom is -0.330 e. The average molecular weight is 246 g/mol.